The lowest BCUT2D eigenvalue weighted by atomic mass is 9.99. The van der Waals surface area contributed by atoms with Crippen LogP contribution in [0.2, 0.25) is 0 Å². The number of aliphatic hydroxyl groups is 4. The van der Waals surface area contributed by atoms with Crippen molar-refractivity contribution >= 4 is 0 Å². The molecule has 5 atom stereocenters. The minimum Gasteiger partial charge on any atom is -0.394 e. The maximum atomic E-state index is 9.64. The maximum absolute atomic E-state index is 9.64. The topological polar surface area (TPSA) is 99.4 Å². The minimum atomic E-state index is -1.37. The van der Waals surface area contributed by atoms with Crippen molar-refractivity contribution in [3.63, 3.8) is 0 Å². The summed E-state index contributed by atoms with van der Waals surface area (Å²) in [6.07, 6.45) is -5.12. The SMILES string of the molecule is CC(C)CCO[C@H]1O[C@H](CO)[C@@H](O)[C@H](O)[C@H]1O. The summed E-state index contributed by atoms with van der Waals surface area (Å²) in [4.78, 5) is 0. The summed E-state index contributed by atoms with van der Waals surface area (Å²) >= 11 is 0. The molecule has 1 heterocycles. The molecule has 17 heavy (non-hydrogen) atoms. The van der Waals surface area contributed by atoms with E-state index in [2.05, 4.69) is 0 Å². The molecule has 0 unspecified atom stereocenters. The Morgan fingerprint density at radius 1 is 1.12 bits per heavy atom. The van der Waals surface area contributed by atoms with Crippen LogP contribution in [0.4, 0.5) is 0 Å². The average Bonchev–Trinajstić information content (AvgIpc) is 2.29. The third-order valence-corrected chi connectivity index (χ3v) is 2.83. The Kier molecular flexibility index (Phi) is 5.78. The van der Waals surface area contributed by atoms with Crippen molar-refractivity contribution in [2.24, 2.45) is 5.92 Å². The van der Waals surface area contributed by atoms with Crippen molar-refractivity contribution in [3.05, 3.63) is 0 Å². The van der Waals surface area contributed by atoms with Gasteiger partial charge in [-0.05, 0) is 12.3 Å². The maximum Gasteiger partial charge on any atom is 0.186 e. The zero-order valence-corrected chi connectivity index (χ0v) is 10.2. The van der Waals surface area contributed by atoms with Crippen LogP contribution < -0.4 is 0 Å². The first kappa shape index (κ1) is 14.8. The summed E-state index contributed by atoms with van der Waals surface area (Å²) < 4.78 is 10.5. The zero-order chi connectivity index (χ0) is 13.0. The second kappa shape index (κ2) is 6.63. The highest BCUT2D eigenvalue weighted by molar-refractivity contribution is 4.88. The molecule has 1 aliphatic rings. The molecule has 0 aromatic rings. The van der Waals surface area contributed by atoms with E-state index in [1.807, 2.05) is 13.8 Å². The van der Waals surface area contributed by atoms with Crippen LogP contribution >= 0.6 is 0 Å². The Balaban J connectivity index is 2.47. The smallest absolute Gasteiger partial charge is 0.186 e. The molecular formula is C11H22O6. The molecule has 0 bridgehead atoms. The number of rotatable bonds is 5. The second-order valence-corrected chi connectivity index (χ2v) is 4.75. The molecule has 0 radical (unpaired) electrons. The van der Waals surface area contributed by atoms with Crippen LogP contribution in [0.15, 0.2) is 0 Å². The lowest BCUT2D eigenvalue weighted by molar-refractivity contribution is -0.301. The van der Waals surface area contributed by atoms with Crippen molar-refractivity contribution in [2.45, 2.75) is 51.0 Å². The predicted octanol–water partition coefficient (Wildman–Crippen LogP) is -1.15. The van der Waals surface area contributed by atoms with E-state index in [-0.39, 0.29) is 0 Å². The number of hydrogen-bond donors (Lipinski definition) is 4. The average molecular weight is 250 g/mol. The van der Waals surface area contributed by atoms with Gasteiger partial charge in [-0.2, -0.15) is 0 Å². The quantitative estimate of drug-likeness (QED) is 0.492. The summed E-state index contributed by atoms with van der Waals surface area (Å²) in [5.74, 6) is 0.458. The Morgan fingerprint density at radius 3 is 2.29 bits per heavy atom. The number of hydrogen-bond acceptors (Lipinski definition) is 6. The third kappa shape index (κ3) is 3.87. The Bertz CT molecular complexity index is 220. The largest absolute Gasteiger partial charge is 0.394 e. The molecule has 1 saturated heterocycles. The fraction of sp³-hybridized carbons (Fsp3) is 1.00. The van der Waals surface area contributed by atoms with Crippen molar-refractivity contribution in [3.8, 4) is 0 Å². The van der Waals surface area contributed by atoms with Gasteiger partial charge in [0.25, 0.3) is 0 Å². The zero-order valence-electron chi connectivity index (χ0n) is 10.2. The van der Waals surface area contributed by atoms with Gasteiger partial charge in [0.1, 0.15) is 24.4 Å². The molecule has 0 spiro atoms. The highest BCUT2D eigenvalue weighted by atomic mass is 16.7. The molecule has 102 valence electrons. The highest BCUT2D eigenvalue weighted by Gasteiger charge is 2.43. The van der Waals surface area contributed by atoms with Gasteiger partial charge in [-0.25, -0.2) is 0 Å². The van der Waals surface area contributed by atoms with E-state index in [1.54, 1.807) is 0 Å². The molecule has 0 aromatic carbocycles. The molecule has 0 aromatic heterocycles. The van der Waals surface area contributed by atoms with Gasteiger partial charge in [0.05, 0.1) is 13.2 Å². The molecule has 1 fully saturated rings. The van der Waals surface area contributed by atoms with Gasteiger partial charge in [0, 0.05) is 0 Å². The van der Waals surface area contributed by atoms with Gasteiger partial charge in [-0.15, -0.1) is 0 Å². The summed E-state index contributed by atoms with van der Waals surface area (Å²) in [7, 11) is 0. The van der Waals surface area contributed by atoms with Crippen LogP contribution in [0, 0.1) is 5.92 Å². The van der Waals surface area contributed by atoms with Gasteiger partial charge < -0.3 is 29.9 Å². The summed E-state index contributed by atoms with van der Waals surface area (Å²) in [5.41, 5.74) is 0. The third-order valence-electron chi connectivity index (χ3n) is 2.83. The van der Waals surface area contributed by atoms with Crippen LogP contribution in [-0.4, -0.2) is 64.3 Å². The minimum absolute atomic E-state index is 0.389. The first-order valence-electron chi connectivity index (χ1n) is 5.89. The molecular weight excluding hydrogens is 228 g/mol. The van der Waals surface area contributed by atoms with Gasteiger partial charge in [-0.1, -0.05) is 13.8 Å². The fourth-order valence-corrected chi connectivity index (χ4v) is 1.63. The van der Waals surface area contributed by atoms with Gasteiger partial charge in [0.15, 0.2) is 6.29 Å². The number of ether oxygens (including phenoxy) is 2. The van der Waals surface area contributed by atoms with Gasteiger partial charge in [0.2, 0.25) is 0 Å². The molecule has 6 heteroatoms. The molecule has 1 aliphatic heterocycles. The first-order valence-corrected chi connectivity index (χ1v) is 5.89. The van der Waals surface area contributed by atoms with Gasteiger partial charge in [-0.3, -0.25) is 0 Å². The van der Waals surface area contributed by atoms with Crippen molar-refractivity contribution in [2.75, 3.05) is 13.2 Å². The normalized spacial score (nSPS) is 38.6. The Hall–Kier alpha value is -0.240. The van der Waals surface area contributed by atoms with Crippen LogP contribution in [0.5, 0.6) is 0 Å². The molecule has 0 amide bonds. The first-order chi connectivity index (χ1) is 7.97. The van der Waals surface area contributed by atoms with E-state index in [1.165, 1.54) is 0 Å². The van der Waals surface area contributed by atoms with E-state index in [0.29, 0.717) is 12.5 Å². The van der Waals surface area contributed by atoms with E-state index in [0.717, 1.165) is 6.42 Å². The van der Waals surface area contributed by atoms with E-state index in [9.17, 15) is 15.3 Å². The fourth-order valence-electron chi connectivity index (χ4n) is 1.63. The lowest BCUT2D eigenvalue weighted by Crippen LogP contribution is -2.59. The van der Waals surface area contributed by atoms with Crippen molar-refractivity contribution in [1.29, 1.82) is 0 Å². The van der Waals surface area contributed by atoms with E-state index in [4.69, 9.17) is 14.6 Å². The Labute approximate surface area is 101 Å². The lowest BCUT2D eigenvalue weighted by Gasteiger charge is -2.39. The highest BCUT2D eigenvalue weighted by Crippen LogP contribution is 2.22. The summed E-state index contributed by atoms with van der Waals surface area (Å²) in [6, 6.07) is 0. The van der Waals surface area contributed by atoms with E-state index >= 15 is 0 Å². The summed E-state index contributed by atoms with van der Waals surface area (Å²) in [6.45, 7) is 4.03. The summed E-state index contributed by atoms with van der Waals surface area (Å²) in [5, 5.41) is 37.7. The molecule has 6 nitrogen and oxygen atoms in total. The Morgan fingerprint density at radius 2 is 1.76 bits per heavy atom. The number of aliphatic hydroxyl groups excluding tert-OH is 4. The molecule has 0 saturated carbocycles. The predicted molar refractivity (Wildman–Crippen MR) is 59.2 cm³/mol. The second-order valence-electron chi connectivity index (χ2n) is 4.75. The van der Waals surface area contributed by atoms with Crippen molar-refractivity contribution in [1.82, 2.24) is 0 Å². The van der Waals surface area contributed by atoms with E-state index < -0.39 is 37.3 Å². The standard InChI is InChI=1S/C11H22O6/c1-6(2)3-4-16-11-10(15)9(14)8(13)7(5-12)17-11/h6-15H,3-5H2,1-2H3/t7-,8-,9+,10-,11+/m1/s1. The monoisotopic (exact) mass is 250 g/mol. The molecule has 1 rings (SSSR count). The molecule has 0 aliphatic carbocycles. The van der Waals surface area contributed by atoms with Crippen molar-refractivity contribution < 1.29 is 29.9 Å². The molecule has 4 N–H and O–H groups in total. The van der Waals surface area contributed by atoms with Crippen LogP contribution in [0.3, 0.4) is 0 Å². The van der Waals surface area contributed by atoms with Gasteiger partial charge >= 0.3 is 0 Å². The van der Waals surface area contributed by atoms with Crippen LogP contribution in [0.1, 0.15) is 20.3 Å². The van der Waals surface area contributed by atoms with Crippen LogP contribution in [-0.2, 0) is 9.47 Å². The van der Waals surface area contributed by atoms with Crippen LogP contribution in [0.25, 0.3) is 0 Å².